The van der Waals surface area contributed by atoms with Crippen LogP contribution in [0.4, 0.5) is 5.95 Å². The Hall–Kier alpha value is -1.37. The van der Waals surface area contributed by atoms with Crippen LogP contribution in [0.25, 0.3) is 0 Å². The van der Waals surface area contributed by atoms with E-state index in [4.69, 9.17) is 9.47 Å². The minimum absolute atomic E-state index is 0.404. The van der Waals surface area contributed by atoms with Crippen molar-refractivity contribution in [2.24, 2.45) is 0 Å². The van der Waals surface area contributed by atoms with Crippen molar-refractivity contribution in [1.29, 1.82) is 0 Å². The summed E-state index contributed by atoms with van der Waals surface area (Å²) in [6, 6.07) is 1.59. The molecule has 0 aliphatic carbocycles. The Bertz CT molecular complexity index is 351. The van der Waals surface area contributed by atoms with Crippen LogP contribution in [0.1, 0.15) is 0 Å². The second kappa shape index (κ2) is 6.26. The summed E-state index contributed by atoms with van der Waals surface area (Å²) in [6.45, 7) is 0.541. The topological polar surface area (TPSA) is 73.3 Å². The third kappa shape index (κ3) is 4.01. The number of hydrogen-bond acceptors (Lipinski definition) is 6. The molecule has 6 nitrogen and oxygen atoms in total. The van der Waals surface area contributed by atoms with Gasteiger partial charge in [0.25, 0.3) is 0 Å². The standard InChI is InChI=1S/C9H15N3O3S/c1-14-7-6-8(15-2)12-9(11-7)10-4-5-16(3)13/h6H,4-5H2,1-3H3,(H,10,11,12). The molecule has 1 aromatic heterocycles. The van der Waals surface area contributed by atoms with Gasteiger partial charge < -0.3 is 14.8 Å². The van der Waals surface area contributed by atoms with Gasteiger partial charge in [-0.2, -0.15) is 9.97 Å². The predicted molar refractivity (Wildman–Crippen MR) is 62.6 cm³/mol. The molecular formula is C9H15N3O3S. The Morgan fingerprint density at radius 3 is 2.31 bits per heavy atom. The van der Waals surface area contributed by atoms with Gasteiger partial charge in [-0.15, -0.1) is 0 Å². The minimum atomic E-state index is -0.834. The highest BCUT2D eigenvalue weighted by Gasteiger charge is 2.04. The zero-order valence-electron chi connectivity index (χ0n) is 9.52. The number of nitrogens with one attached hydrogen (secondary N) is 1. The van der Waals surface area contributed by atoms with E-state index >= 15 is 0 Å². The lowest BCUT2D eigenvalue weighted by atomic mass is 10.6. The molecule has 1 N–H and O–H groups in total. The van der Waals surface area contributed by atoms with E-state index in [9.17, 15) is 4.21 Å². The molecule has 0 fully saturated rings. The lowest BCUT2D eigenvalue weighted by molar-refractivity contribution is 0.373. The number of rotatable bonds is 6. The van der Waals surface area contributed by atoms with Gasteiger partial charge in [-0.05, 0) is 0 Å². The molecule has 1 atom stereocenters. The fourth-order valence-corrected chi connectivity index (χ4v) is 1.39. The quantitative estimate of drug-likeness (QED) is 0.776. The van der Waals surface area contributed by atoms with Crippen molar-refractivity contribution in [3.8, 4) is 11.8 Å². The average molecular weight is 245 g/mol. The van der Waals surface area contributed by atoms with Gasteiger partial charge in [0.05, 0.1) is 20.3 Å². The van der Waals surface area contributed by atoms with Crippen molar-refractivity contribution in [3.05, 3.63) is 6.07 Å². The molecule has 1 heterocycles. The maximum absolute atomic E-state index is 10.9. The molecule has 0 bridgehead atoms. The number of methoxy groups -OCH3 is 2. The van der Waals surface area contributed by atoms with Gasteiger partial charge in [-0.3, -0.25) is 4.21 Å². The molecule has 1 aromatic rings. The van der Waals surface area contributed by atoms with Crippen LogP contribution in [0.2, 0.25) is 0 Å². The molecule has 0 aromatic carbocycles. The Kier molecular flexibility index (Phi) is 4.97. The molecule has 90 valence electrons. The summed E-state index contributed by atoms with van der Waals surface area (Å²) < 4.78 is 20.8. The van der Waals surface area contributed by atoms with Crippen LogP contribution >= 0.6 is 0 Å². The van der Waals surface area contributed by atoms with Crippen molar-refractivity contribution in [1.82, 2.24) is 9.97 Å². The molecule has 0 aliphatic heterocycles. The van der Waals surface area contributed by atoms with Gasteiger partial charge in [0.2, 0.25) is 17.7 Å². The fraction of sp³-hybridized carbons (Fsp3) is 0.556. The second-order valence-electron chi connectivity index (χ2n) is 2.98. The summed E-state index contributed by atoms with van der Waals surface area (Å²) >= 11 is 0. The summed E-state index contributed by atoms with van der Waals surface area (Å²) in [5, 5.41) is 2.95. The van der Waals surface area contributed by atoms with E-state index in [1.807, 2.05) is 0 Å². The molecule has 7 heteroatoms. The van der Waals surface area contributed by atoms with Crippen LogP contribution in [-0.4, -0.2) is 46.9 Å². The summed E-state index contributed by atoms with van der Waals surface area (Å²) in [6.07, 6.45) is 1.65. The van der Waals surface area contributed by atoms with E-state index in [0.29, 0.717) is 30.0 Å². The smallest absolute Gasteiger partial charge is 0.229 e. The first kappa shape index (κ1) is 12.7. The van der Waals surface area contributed by atoms with E-state index in [1.54, 1.807) is 12.3 Å². The second-order valence-corrected chi connectivity index (χ2v) is 4.54. The highest BCUT2D eigenvalue weighted by Crippen LogP contribution is 2.16. The Balaban J connectivity index is 2.67. The molecule has 0 amide bonds. The van der Waals surface area contributed by atoms with Gasteiger partial charge >= 0.3 is 0 Å². The summed E-state index contributed by atoms with van der Waals surface area (Å²) in [4.78, 5) is 8.15. The van der Waals surface area contributed by atoms with Crippen LogP contribution in [0.15, 0.2) is 6.07 Å². The average Bonchev–Trinajstić information content (AvgIpc) is 2.28. The van der Waals surface area contributed by atoms with Crippen LogP contribution in [0.5, 0.6) is 11.8 Å². The van der Waals surface area contributed by atoms with E-state index in [2.05, 4.69) is 15.3 Å². The van der Waals surface area contributed by atoms with Gasteiger partial charge in [0.15, 0.2) is 0 Å². The molecule has 16 heavy (non-hydrogen) atoms. The zero-order valence-corrected chi connectivity index (χ0v) is 10.3. The SMILES string of the molecule is COc1cc(OC)nc(NCCS(C)=O)n1. The van der Waals surface area contributed by atoms with E-state index in [-0.39, 0.29) is 0 Å². The largest absolute Gasteiger partial charge is 0.481 e. The molecule has 0 saturated carbocycles. The monoisotopic (exact) mass is 245 g/mol. The van der Waals surface area contributed by atoms with Crippen molar-refractivity contribution in [3.63, 3.8) is 0 Å². The summed E-state index contributed by atoms with van der Waals surface area (Å²) in [5.74, 6) is 1.80. The van der Waals surface area contributed by atoms with Gasteiger partial charge in [-0.1, -0.05) is 0 Å². The first-order valence-corrected chi connectivity index (χ1v) is 6.39. The van der Waals surface area contributed by atoms with E-state index in [1.165, 1.54) is 14.2 Å². The lowest BCUT2D eigenvalue weighted by Gasteiger charge is -2.07. The maximum Gasteiger partial charge on any atom is 0.229 e. The summed E-state index contributed by atoms with van der Waals surface area (Å²) in [5.41, 5.74) is 0. The number of anilines is 1. The fourth-order valence-electron chi connectivity index (χ4n) is 0.999. The number of nitrogens with zero attached hydrogens (tertiary/aromatic N) is 2. The van der Waals surface area contributed by atoms with Crippen molar-refractivity contribution in [2.75, 3.05) is 38.1 Å². The maximum atomic E-state index is 10.9. The predicted octanol–water partition coefficient (Wildman–Crippen LogP) is 0.284. The van der Waals surface area contributed by atoms with Gasteiger partial charge in [0, 0.05) is 29.4 Å². The lowest BCUT2D eigenvalue weighted by Crippen LogP contribution is -2.12. The molecule has 0 saturated heterocycles. The molecule has 0 radical (unpaired) electrons. The number of ether oxygens (including phenoxy) is 2. The molecule has 0 spiro atoms. The van der Waals surface area contributed by atoms with E-state index < -0.39 is 10.8 Å². The first-order chi connectivity index (χ1) is 7.65. The zero-order chi connectivity index (χ0) is 12.0. The molecule has 1 unspecified atom stereocenters. The third-order valence-electron chi connectivity index (χ3n) is 1.77. The highest BCUT2D eigenvalue weighted by atomic mass is 32.2. The van der Waals surface area contributed by atoms with Crippen LogP contribution in [-0.2, 0) is 10.8 Å². The molecule has 1 rings (SSSR count). The number of hydrogen-bond donors (Lipinski definition) is 1. The van der Waals surface area contributed by atoms with Crippen LogP contribution < -0.4 is 14.8 Å². The normalized spacial score (nSPS) is 11.9. The van der Waals surface area contributed by atoms with E-state index in [0.717, 1.165) is 0 Å². The van der Waals surface area contributed by atoms with Crippen LogP contribution in [0.3, 0.4) is 0 Å². The van der Waals surface area contributed by atoms with Crippen LogP contribution in [0, 0.1) is 0 Å². The Morgan fingerprint density at radius 2 is 1.88 bits per heavy atom. The van der Waals surface area contributed by atoms with Crippen molar-refractivity contribution >= 4 is 16.7 Å². The van der Waals surface area contributed by atoms with Crippen molar-refractivity contribution in [2.45, 2.75) is 0 Å². The third-order valence-corrected chi connectivity index (χ3v) is 2.55. The van der Waals surface area contributed by atoms with Gasteiger partial charge in [0.1, 0.15) is 0 Å². The highest BCUT2D eigenvalue weighted by molar-refractivity contribution is 7.84. The first-order valence-electron chi connectivity index (χ1n) is 4.66. The summed E-state index contributed by atoms with van der Waals surface area (Å²) in [7, 11) is 2.21. The Labute approximate surface area is 96.8 Å². The van der Waals surface area contributed by atoms with Crippen molar-refractivity contribution < 1.29 is 13.7 Å². The Morgan fingerprint density at radius 1 is 1.31 bits per heavy atom. The molecule has 0 aliphatic rings. The van der Waals surface area contributed by atoms with Gasteiger partial charge in [-0.25, -0.2) is 0 Å². The number of aromatic nitrogens is 2. The minimum Gasteiger partial charge on any atom is -0.481 e. The molecular weight excluding hydrogens is 230 g/mol.